The Hall–Kier alpha value is -1.65. The molecule has 0 N–H and O–H groups in total. The van der Waals surface area contributed by atoms with E-state index in [1.54, 1.807) is 0 Å². The molecule has 0 heterocycles. The van der Waals surface area contributed by atoms with Crippen molar-refractivity contribution >= 4 is 29.0 Å². The molecule has 2 nitrogen and oxygen atoms in total. The van der Waals surface area contributed by atoms with E-state index in [0.717, 1.165) is 12.1 Å². The standard InChI is InChI=1S/C14H8Cl2F2O2/c1-20-13-3-2-7(4-10(13)16)14(19)8-5-12(18)9(15)6-11(8)17/h2-6H,1H3. The van der Waals surface area contributed by atoms with Crippen molar-refractivity contribution in [2.75, 3.05) is 7.11 Å². The van der Waals surface area contributed by atoms with Gasteiger partial charge in [-0.25, -0.2) is 8.78 Å². The Morgan fingerprint density at radius 1 is 1.05 bits per heavy atom. The number of carbonyl (C=O) groups excluding carboxylic acids is 1. The first-order chi connectivity index (χ1) is 9.43. The van der Waals surface area contributed by atoms with Gasteiger partial charge >= 0.3 is 0 Å². The van der Waals surface area contributed by atoms with Crippen molar-refractivity contribution in [3.05, 3.63) is 63.1 Å². The van der Waals surface area contributed by atoms with Gasteiger partial charge in [-0.15, -0.1) is 0 Å². The SMILES string of the molecule is COc1ccc(C(=O)c2cc(F)c(Cl)cc2F)cc1Cl. The molecule has 0 aromatic heterocycles. The first kappa shape index (κ1) is 14.8. The molecule has 2 rings (SSSR count). The Bertz CT molecular complexity index is 687. The Balaban J connectivity index is 2.46. The molecule has 0 saturated carbocycles. The summed E-state index contributed by atoms with van der Waals surface area (Å²) in [5.41, 5.74) is -0.287. The van der Waals surface area contributed by atoms with Crippen molar-refractivity contribution in [1.29, 1.82) is 0 Å². The van der Waals surface area contributed by atoms with Crippen molar-refractivity contribution in [1.82, 2.24) is 0 Å². The summed E-state index contributed by atoms with van der Waals surface area (Å²) in [4.78, 5) is 12.1. The molecule has 104 valence electrons. The summed E-state index contributed by atoms with van der Waals surface area (Å²) in [5, 5.41) is -0.181. The highest BCUT2D eigenvalue weighted by Gasteiger charge is 2.18. The van der Waals surface area contributed by atoms with Crippen LogP contribution < -0.4 is 4.74 Å². The summed E-state index contributed by atoms with van der Waals surface area (Å²) in [7, 11) is 1.43. The van der Waals surface area contributed by atoms with Crippen LogP contribution in [-0.4, -0.2) is 12.9 Å². The van der Waals surface area contributed by atoms with Gasteiger partial charge in [0.05, 0.1) is 22.7 Å². The Morgan fingerprint density at radius 3 is 2.35 bits per heavy atom. The molecule has 0 amide bonds. The molecular formula is C14H8Cl2F2O2. The van der Waals surface area contributed by atoms with Gasteiger partial charge in [0.25, 0.3) is 0 Å². The zero-order valence-corrected chi connectivity index (χ0v) is 11.7. The number of benzene rings is 2. The number of halogens is 4. The minimum absolute atomic E-state index is 0.122. The van der Waals surface area contributed by atoms with Crippen LogP contribution >= 0.6 is 23.2 Å². The molecule has 20 heavy (non-hydrogen) atoms. The fourth-order valence-corrected chi connectivity index (χ4v) is 2.07. The summed E-state index contributed by atoms with van der Waals surface area (Å²) in [5.74, 6) is -2.07. The molecule has 0 fully saturated rings. The summed E-state index contributed by atoms with van der Waals surface area (Å²) >= 11 is 11.3. The van der Waals surface area contributed by atoms with Gasteiger partial charge in [-0.05, 0) is 30.3 Å². The summed E-state index contributed by atoms with van der Waals surface area (Å²) in [6.45, 7) is 0. The van der Waals surface area contributed by atoms with Gasteiger partial charge in [-0.1, -0.05) is 23.2 Å². The minimum atomic E-state index is -0.895. The number of carbonyl (C=O) groups is 1. The third-order valence-corrected chi connectivity index (χ3v) is 3.25. The summed E-state index contributed by atoms with van der Waals surface area (Å²) in [6, 6.07) is 5.74. The number of rotatable bonds is 3. The smallest absolute Gasteiger partial charge is 0.196 e. The molecule has 0 aliphatic carbocycles. The lowest BCUT2D eigenvalue weighted by atomic mass is 10.0. The van der Waals surface area contributed by atoms with Gasteiger partial charge < -0.3 is 4.74 Å². The van der Waals surface area contributed by atoms with E-state index in [2.05, 4.69) is 0 Å². The van der Waals surface area contributed by atoms with Crippen LogP contribution in [0.4, 0.5) is 8.78 Å². The van der Waals surface area contributed by atoms with Crippen molar-refractivity contribution < 1.29 is 18.3 Å². The molecule has 0 spiro atoms. The predicted octanol–water partition coefficient (Wildman–Crippen LogP) is 4.51. The number of hydrogen-bond donors (Lipinski definition) is 0. The predicted molar refractivity (Wildman–Crippen MR) is 72.8 cm³/mol. The third-order valence-electron chi connectivity index (χ3n) is 2.67. The van der Waals surface area contributed by atoms with Gasteiger partial charge in [0, 0.05) is 5.56 Å². The van der Waals surface area contributed by atoms with Gasteiger partial charge in [0.1, 0.15) is 17.4 Å². The number of ether oxygens (including phenoxy) is 1. The highest BCUT2D eigenvalue weighted by Crippen LogP contribution is 2.27. The fourth-order valence-electron chi connectivity index (χ4n) is 1.66. The molecule has 0 atom stereocenters. The summed E-state index contributed by atoms with van der Waals surface area (Å²) < 4.78 is 32.0. The Morgan fingerprint density at radius 2 is 1.75 bits per heavy atom. The van der Waals surface area contributed by atoms with E-state index in [9.17, 15) is 13.6 Å². The molecule has 0 radical (unpaired) electrons. The topological polar surface area (TPSA) is 26.3 Å². The zero-order valence-electron chi connectivity index (χ0n) is 10.2. The van der Waals surface area contributed by atoms with Crippen molar-refractivity contribution in [2.24, 2.45) is 0 Å². The lowest BCUT2D eigenvalue weighted by molar-refractivity contribution is 0.103. The average Bonchev–Trinajstić information content (AvgIpc) is 2.42. The Labute approximate surface area is 123 Å². The van der Waals surface area contributed by atoms with Crippen LogP contribution in [-0.2, 0) is 0 Å². The van der Waals surface area contributed by atoms with Crippen molar-refractivity contribution in [2.45, 2.75) is 0 Å². The minimum Gasteiger partial charge on any atom is -0.495 e. The molecule has 0 bridgehead atoms. The normalized spacial score (nSPS) is 10.4. The average molecular weight is 317 g/mol. The maximum atomic E-state index is 13.7. The van der Waals surface area contributed by atoms with Crippen LogP contribution in [0.15, 0.2) is 30.3 Å². The van der Waals surface area contributed by atoms with E-state index in [1.165, 1.54) is 25.3 Å². The molecule has 0 aliphatic heterocycles. The van der Waals surface area contributed by atoms with Gasteiger partial charge in [0.15, 0.2) is 5.78 Å². The molecular weight excluding hydrogens is 309 g/mol. The second-order valence-corrected chi connectivity index (χ2v) is 4.74. The third kappa shape index (κ3) is 2.76. The highest BCUT2D eigenvalue weighted by molar-refractivity contribution is 6.32. The molecule has 0 aliphatic rings. The second-order valence-electron chi connectivity index (χ2n) is 3.92. The van der Waals surface area contributed by atoms with Crippen LogP contribution in [0.2, 0.25) is 10.0 Å². The van der Waals surface area contributed by atoms with E-state index in [-0.39, 0.29) is 15.6 Å². The van der Waals surface area contributed by atoms with Crippen LogP contribution in [0.25, 0.3) is 0 Å². The maximum Gasteiger partial charge on any atom is 0.196 e. The monoisotopic (exact) mass is 316 g/mol. The van der Waals surface area contributed by atoms with Crippen LogP contribution in [0.1, 0.15) is 15.9 Å². The Kier molecular flexibility index (Phi) is 4.26. The van der Waals surface area contributed by atoms with E-state index in [4.69, 9.17) is 27.9 Å². The summed E-state index contributed by atoms with van der Waals surface area (Å²) in [6.07, 6.45) is 0. The van der Waals surface area contributed by atoms with Gasteiger partial charge in [0.2, 0.25) is 0 Å². The number of methoxy groups -OCH3 is 1. The number of ketones is 1. The highest BCUT2D eigenvalue weighted by atomic mass is 35.5. The number of hydrogen-bond acceptors (Lipinski definition) is 2. The van der Waals surface area contributed by atoms with Crippen LogP contribution in [0, 0.1) is 11.6 Å². The van der Waals surface area contributed by atoms with E-state index in [0.29, 0.717) is 5.75 Å². The van der Waals surface area contributed by atoms with Crippen LogP contribution in [0.5, 0.6) is 5.75 Å². The van der Waals surface area contributed by atoms with E-state index in [1.807, 2.05) is 0 Å². The van der Waals surface area contributed by atoms with E-state index < -0.39 is 23.0 Å². The lowest BCUT2D eigenvalue weighted by Gasteiger charge is -2.07. The van der Waals surface area contributed by atoms with Gasteiger partial charge in [-0.2, -0.15) is 0 Å². The lowest BCUT2D eigenvalue weighted by Crippen LogP contribution is -2.05. The second kappa shape index (κ2) is 5.77. The molecule has 0 unspecified atom stereocenters. The molecule has 6 heteroatoms. The van der Waals surface area contributed by atoms with Crippen LogP contribution in [0.3, 0.4) is 0 Å². The molecule has 2 aromatic carbocycles. The largest absolute Gasteiger partial charge is 0.495 e. The van der Waals surface area contributed by atoms with Crippen molar-refractivity contribution in [3.63, 3.8) is 0 Å². The maximum absolute atomic E-state index is 13.7. The van der Waals surface area contributed by atoms with E-state index >= 15 is 0 Å². The fraction of sp³-hybridized carbons (Fsp3) is 0.0714. The first-order valence-electron chi connectivity index (χ1n) is 5.47. The van der Waals surface area contributed by atoms with Gasteiger partial charge in [-0.3, -0.25) is 4.79 Å². The quantitative estimate of drug-likeness (QED) is 0.615. The molecule has 0 saturated heterocycles. The first-order valence-corrected chi connectivity index (χ1v) is 6.22. The van der Waals surface area contributed by atoms with Crippen molar-refractivity contribution in [3.8, 4) is 5.75 Å². The zero-order chi connectivity index (χ0) is 14.9. The molecule has 2 aromatic rings.